The summed E-state index contributed by atoms with van der Waals surface area (Å²) in [6.45, 7) is 3.22. The van der Waals surface area contributed by atoms with E-state index in [1.165, 1.54) is 18.6 Å². The molecular weight excluding hydrogens is 276 g/mol. The Balaban J connectivity index is 1.98. The molecule has 1 aliphatic heterocycles. The summed E-state index contributed by atoms with van der Waals surface area (Å²) in [4.78, 5) is 4.05. The molecule has 0 spiro atoms. The van der Waals surface area contributed by atoms with Crippen molar-refractivity contribution >= 4 is 24.0 Å². The van der Waals surface area contributed by atoms with E-state index in [-0.39, 0.29) is 4.75 Å². The van der Waals surface area contributed by atoms with Gasteiger partial charge in [-0.25, -0.2) is 0 Å². The summed E-state index contributed by atoms with van der Waals surface area (Å²) in [7, 11) is 0. The monoisotopic (exact) mass is 292 g/mol. The van der Waals surface area contributed by atoms with Crippen molar-refractivity contribution in [3.63, 3.8) is 0 Å². The van der Waals surface area contributed by atoms with Crippen molar-refractivity contribution in [3.8, 4) is 11.4 Å². The minimum absolute atomic E-state index is 0.268. The maximum absolute atomic E-state index is 5.38. The molecule has 1 aliphatic rings. The molecular formula is C13H16N4S2. The Bertz CT molecular complexity index is 611. The first-order chi connectivity index (χ1) is 9.18. The predicted octanol–water partition coefficient (Wildman–Crippen LogP) is 3.29. The lowest BCUT2D eigenvalue weighted by molar-refractivity contribution is 0.509. The molecule has 6 heteroatoms. The maximum Gasteiger partial charge on any atom is 0.195 e. The first-order valence-corrected chi connectivity index (χ1v) is 7.77. The van der Waals surface area contributed by atoms with Crippen LogP contribution < -0.4 is 0 Å². The highest BCUT2D eigenvalue weighted by molar-refractivity contribution is 8.00. The standard InChI is InChI=1S/C13H16N4S2/c1-13(5-2-8-19-13)9-17-11(15-16-12(17)18)10-3-6-14-7-4-10/h3-4,6-7H,2,5,8-9H2,1H3,(H,16,18). The van der Waals surface area contributed by atoms with Crippen LogP contribution in [0.4, 0.5) is 0 Å². The Morgan fingerprint density at radius 1 is 1.47 bits per heavy atom. The fourth-order valence-corrected chi connectivity index (χ4v) is 3.97. The smallest absolute Gasteiger partial charge is 0.195 e. The van der Waals surface area contributed by atoms with Gasteiger partial charge in [0.15, 0.2) is 10.6 Å². The molecule has 1 fully saturated rings. The van der Waals surface area contributed by atoms with Gasteiger partial charge in [-0.3, -0.25) is 14.6 Å². The second-order valence-corrected chi connectivity index (χ2v) is 7.15. The van der Waals surface area contributed by atoms with Crippen LogP contribution in [0.25, 0.3) is 11.4 Å². The molecule has 1 atom stereocenters. The summed E-state index contributed by atoms with van der Waals surface area (Å²) in [6.07, 6.45) is 6.09. The minimum atomic E-state index is 0.268. The van der Waals surface area contributed by atoms with Crippen LogP contribution in [0.3, 0.4) is 0 Å². The summed E-state index contributed by atoms with van der Waals surface area (Å²) in [5.74, 6) is 2.15. The zero-order valence-electron chi connectivity index (χ0n) is 10.8. The molecule has 19 heavy (non-hydrogen) atoms. The number of thioether (sulfide) groups is 1. The normalized spacial score (nSPS) is 22.8. The minimum Gasteiger partial charge on any atom is -0.299 e. The van der Waals surface area contributed by atoms with Crippen LogP contribution in [0.5, 0.6) is 0 Å². The first kappa shape index (κ1) is 12.9. The van der Waals surface area contributed by atoms with Crippen molar-refractivity contribution < 1.29 is 0 Å². The van der Waals surface area contributed by atoms with E-state index in [0.717, 1.165) is 17.9 Å². The Labute approximate surface area is 121 Å². The number of hydrogen-bond acceptors (Lipinski definition) is 4. The predicted molar refractivity (Wildman–Crippen MR) is 80.7 cm³/mol. The van der Waals surface area contributed by atoms with Gasteiger partial charge in [0.25, 0.3) is 0 Å². The van der Waals surface area contributed by atoms with E-state index in [9.17, 15) is 0 Å². The highest BCUT2D eigenvalue weighted by Gasteiger charge is 2.31. The van der Waals surface area contributed by atoms with E-state index in [2.05, 4.69) is 26.7 Å². The molecule has 0 aromatic carbocycles. The Morgan fingerprint density at radius 2 is 2.26 bits per heavy atom. The van der Waals surface area contributed by atoms with Gasteiger partial charge in [0, 0.05) is 29.2 Å². The van der Waals surface area contributed by atoms with Crippen molar-refractivity contribution in [2.75, 3.05) is 5.75 Å². The van der Waals surface area contributed by atoms with Gasteiger partial charge in [0.1, 0.15) is 0 Å². The number of rotatable bonds is 3. The van der Waals surface area contributed by atoms with Crippen LogP contribution in [0.1, 0.15) is 19.8 Å². The summed E-state index contributed by atoms with van der Waals surface area (Å²) in [6, 6.07) is 3.93. The van der Waals surface area contributed by atoms with E-state index in [4.69, 9.17) is 12.2 Å². The molecule has 2 aromatic heterocycles. The van der Waals surface area contributed by atoms with Gasteiger partial charge in [-0.2, -0.15) is 16.9 Å². The first-order valence-electron chi connectivity index (χ1n) is 6.38. The van der Waals surface area contributed by atoms with E-state index >= 15 is 0 Å². The van der Waals surface area contributed by atoms with Gasteiger partial charge in [-0.05, 0) is 49.9 Å². The average molecular weight is 292 g/mol. The number of hydrogen-bond donors (Lipinski definition) is 1. The molecule has 3 heterocycles. The molecule has 1 unspecified atom stereocenters. The van der Waals surface area contributed by atoms with Gasteiger partial charge in [-0.15, -0.1) is 0 Å². The van der Waals surface area contributed by atoms with Crippen molar-refractivity contribution in [3.05, 3.63) is 29.3 Å². The Kier molecular flexibility index (Phi) is 3.45. The van der Waals surface area contributed by atoms with Crippen molar-refractivity contribution in [2.45, 2.75) is 31.1 Å². The van der Waals surface area contributed by atoms with Crippen LogP contribution in [0.15, 0.2) is 24.5 Å². The van der Waals surface area contributed by atoms with Crippen molar-refractivity contribution in [1.82, 2.24) is 19.7 Å². The fourth-order valence-electron chi connectivity index (χ4n) is 2.48. The molecule has 0 aliphatic carbocycles. The van der Waals surface area contributed by atoms with Crippen LogP contribution in [-0.4, -0.2) is 30.2 Å². The van der Waals surface area contributed by atoms with Crippen LogP contribution in [0.2, 0.25) is 0 Å². The van der Waals surface area contributed by atoms with Crippen LogP contribution in [-0.2, 0) is 6.54 Å². The van der Waals surface area contributed by atoms with E-state index in [1.54, 1.807) is 12.4 Å². The number of H-pyrrole nitrogens is 1. The number of nitrogens with zero attached hydrogens (tertiary/aromatic N) is 3. The number of pyridine rings is 1. The lowest BCUT2D eigenvalue weighted by atomic mass is 10.1. The molecule has 1 N–H and O–H groups in total. The second-order valence-electron chi connectivity index (χ2n) is 5.08. The van der Waals surface area contributed by atoms with E-state index < -0.39 is 0 Å². The number of nitrogens with one attached hydrogen (secondary N) is 1. The lowest BCUT2D eigenvalue weighted by Gasteiger charge is -2.23. The lowest BCUT2D eigenvalue weighted by Crippen LogP contribution is -2.24. The second kappa shape index (κ2) is 5.09. The molecule has 100 valence electrons. The molecule has 1 saturated heterocycles. The summed E-state index contributed by atoms with van der Waals surface area (Å²) in [5, 5.41) is 7.28. The van der Waals surface area contributed by atoms with Gasteiger partial charge < -0.3 is 0 Å². The zero-order chi connectivity index (χ0) is 13.3. The Morgan fingerprint density at radius 3 is 2.95 bits per heavy atom. The SMILES string of the molecule is CC1(Cn2c(-c3ccncc3)n[nH]c2=S)CCCS1. The highest BCUT2D eigenvalue weighted by atomic mass is 32.2. The molecule has 0 saturated carbocycles. The molecule has 0 bridgehead atoms. The van der Waals surface area contributed by atoms with Crippen molar-refractivity contribution in [2.24, 2.45) is 0 Å². The maximum atomic E-state index is 5.38. The largest absolute Gasteiger partial charge is 0.299 e. The van der Waals surface area contributed by atoms with E-state index in [1.807, 2.05) is 23.9 Å². The van der Waals surface area contributed by atoms with Crippen LogP contribution in [0, 0.1) is 4.77 Å². The quantitative estimate of drug-likeness (QED) is 0.882. The Hall–Kier alpha value is -1.14. The summed E-state index contributed by atoms with van der Waals surface area (Å²) in [5.41, 5.74) is 1.05. The molecule has 4 nitrogen and oxygen atoms in total. The fraction of sp³-hybridized carbons (Fsp3) is 0.462. The third-order valence-electron chi connectivity index (χ3n) is 3.49. The van der Waals surface area contributed by atoms with Gasteiger partial charge in [0.05, 0.1) is 0 Å². The number of aromatic amines is 1. The van der Waals surface area contributed by atoms with Gasteiger partial charge in [0.2, 0.25) is 0 Å². The molecule has 2 aromatic rings. The number of aromatic nitrogens is 4. The highest BCUT2D eigenvalue weighted by Crippen LogP contribution is 2.39. The topological polar surface area (TPSA) is 46.5 Å². The van der Waals surface area contributed by atoms with E-state index in [0.29, 0.717) is 4.77 Å². The van der Waals surface area contributed by atoms with Gasteiger partial charge in [-0.1, -0.05) is 0 Å². The zero-order valence-corrected chi connectivity index (χ0v) is 12.4. The molecule has 0 amide bonds. The summed E-state index contributed by atoms with van der Waals surface area (Å²) >= 11 is 7.41. The van der Waals surface area contributed by atoms with Crippen LogP contribution >= 0.6 is 24.0 Å². The van der Waals surface area contributed by atoms with Crippen molar-refractivity contribution in [1.29, 1.82) is 0 Å². The molecule has 0 radical (unpaired) electrons. The third-order valence-corrected chi connectivity index (χ3v) is 5.32. The summed E-state index contributed by atoms with van der Waals surface area (Å²) < 4.78 is 3.08. The van der Waals surface area contributed by atoms with Gasteiger partial charge >= 0.3 is 0 Å². The average Bonchev–Trinajstić information content (AvgIpc) is 2.99. The third kappa shape index (κ3) is 2.60. The molecule has 3 rings (SSSR count).